The second kappa shape index (κ2) is 7.42. The molecule has 0 fully saturated rings. The summed E-state index contributed by atoms with van der Waals surface area (Å²) >= 11 is 6.49. The van der Waals surface area contributed by atoms with Crippen molar-refractivity contribution in [3.8, 4) is 23.0 Å². The summed E-state index contributed by atoms with van der Waals surface area (Å²) in [5, 5.41) is 0. The lowest BCUT2D eigenvalue weighted by Gasteiger charge is -2.08. The fraction of sp³-hybridized carbons (Fsp3) is 0.105. The second-order valence-electron chi connectivity index (χ2n) is 5.71. The van der Waals surface area contributed by atoms with Crippen molar-refractivity contribution < 1.29 is 4.74 Å². The van der Waals surface area contributed by atoms with Crippen molar-refractivity contribution in [2.75, 3.05) is 6.26 Å². The molecule has 27 heavy (non-hydrogen) atoms. The molecule has 0 aliphatic rings. The summed E-state index contributed by atoms with van der Waals surface area (Å²) in [6.45, 7) is 1.95. The zero-order valence-corrected chi connectivity index (χ0v) is 16.3. The number of hydrogen-bond acceptors (Lipinski definition) is 7. The van der Waals surface area contributed by atoms with Crippen LogP contribution >= 0.6 is 24.0 Å². The maximum atomic E-state index is 5.60. The van der Waals surface area contributed by atoms with Gasteiger partial charge in [0.1, 0.15) is 17.0 Å². The zero-order chi connectivity index (χ0) is 18.8. The molecule has 0 spiro atoms. The Labute approximate surface area is 165 Å². The molecular weight excluding hydrogens is 378 g/mol. The average molecular weight is 393 g/mol. The van der Waals surface area contributed by atoms with E-state index in [4.69, 9.17) is 21.9 Å². The monoisotopic (exact) mass is 393 g/mol. The van der Waals surface area contributed by atoms with E-state index in [0.717, 1.165) is 17.1 Å². The van der Waals surface area contributed by atoms with Crippen molar-refractivity contribution in [1.29, 1.82) is 0 Å². The minimum Gasteiger partial charge on any atom is -0.438 e. The van der Waals surface area contributed by atoms with Gasteiger partial charge in [-0.3, -0.25) is 14.5 Å². The van der Waals surface area contributed by atoms with Gasteiger partial charge in [0, 0.05) is 18.0 Å². The van der Waals surface area contributed by atoms with Crippen LogP contribution in [0.25, 0.3) is 28.4 Å². The predicted molar refractivity (Wildman–Crippen MR) is 111 cm³/mol. The van der Waals surface area contributed by atoms with Crippen LogP contribution in [0.15, 0.2) is 55.0 Å². The van der Waals surface area contributed by atoms with Crippen LogP contribution in [0.3, 0.4) is 0 Å². The molecule has 0 bridgehead atoms. The first kappa shape index (κ1) is 17.6. The van der Waals surface area contributed by atoms with Crippen LogP contribution in [0.2, 0.25) is 0 Å². The highest BCUT2D eigenvalue weighted by molar-refractivity contribution is 8.22. The summed E-state index contributed by atoms with van der Waals surface area (Å²) in [6, 6.07) is 11.5. The van der Waals surface area contributed by atoms with Crippen molar-refractivity contribution in [2.45, 2.75) is 6.92 Å². The first-order chi connectivity index (χ1) is 13.2. The summed E-state index contributed by atoms with van der Waals surface area (Å²) in [6.07, 6.45) is 7.06. The highest BCUT2D eigenvalue weighted by atomic mass is 32.2. The number of fused-ring (bicyclic) bond motifs is 1. The zero-order valence-electron chi connectivity index (χ0n) is 14.7. The number of thioether (sulfide) groups is 1. The molecule has 0 saturated carbocycles. The van der Waals surface area contributed by atoms with Crippen molar-refractivity contribution >= 4 is 39.5 Å². The van der Waals surface area contributed by atoms with E-state index in [1.807, 2.05) is 54.1 Å². The molecule has 4 rings (SSSR count). The summed E-state index contributed by atoms with van der Waals surface area (Å²) in [4.78, 5) is 18.2. The van der Waals surface area contributed by atoms with Crippen LogP contribution in [-0.2, 0) is 0 Å². The smallest absolute Gasteiger partial charge is 0.225 e. The van der Waals surface area contributed by atoms with E-state index in [1.165, 1.54) is 11.8 Å². The molecule has 4 aromatic heterocycles. The Bertz CT molecular complexity index is 1110. The molecule has 0 unspecified atom stereocenters. The van der Waals surface area contributed by atoms with Gasteiger partial charge < -0.3 is 4.74 Å². The Kier molecular flexibility index (Phi) is 4.83. The molecular formula is C19H15N5OS2. The number of nitrogens with zero attached hydrogens (tertiary/aromatic N) is 5. The third-order valence-corrected chi connectivity index (χ3v) is 4.89. The Balaban J connectivity index is 1.92. The van der Waals surface area contributed by atoms with Crippen LogP contribution in [0, 0.1) is 6.92 Å². The number of thiocarbonyl (C=S) groups is 1. The SMILES string of the molecule is CSC(=S)Oc1cnc2c(c1)nc(-c1ccccn1)n2-c1ccc(C)nc1. The Morgan fingerprint density at radius 3 is 2.70 bits per heavy atom. The van der Waals surface area contributed by atoms with Gasteiger partial charge in [-0.2, -0.15) is 0 Å². The van der Waals surface area contributed by atoms with Crippen molar-refractivity contribution in [2.24, 2.45) is 0 Å². The highest BCUT2D eigenvalue weighted by Gasteiger charge is 2.17. The number of aryl methyl sites for hydroxylation is 1. The molecule has 8 heteroatoms. The predicted octanol–water partition coefficient (Wildman–Crippen LogP) is 4.21. The number of ether oxygens (including phenoxy) is 1. The van der Waals surface area contributed by atoms with Gasteiger partial charge in [-0.15, -0.1) is 0 Å². The number of imidazole rings is 1. The van der Waals surface area contributed by atoms with Gasteiger partial charge in [0.05, 0.1) is 18.1 Å². The minimum atomic E-state index is 0.434. The maximum Gasteiger partial charge on any atom is 0.225 e. The van der Waals surface area contributed by atoms with Gasteiger partial charge in [0.15, 0.2) is 11.5 Å². The molecule has 0 atom stereocenters. The number of rotatable bonds is 3. The van der Waals surface area contributed by atoms with E-state index >= 15 is 0 Å². The van der Waals surface area contributed by atoms with Gasteiger partial charge in [-0.05, 0) is 49.7 Å². The normalized spacial score (nSPS) is 10.9. The number of pyridine rings is 3. The summed E-state index contributed by atoms with van der Waals surface area (Å²) in [5.41, 5.74) is 3.95. The topological polar surface area (TPSA) is 65.7 Å². The van der Waals surface area contributed by atoms with E-state index in [1.54, 1.807) is 18.6 Å². The Morgan fingerprint density at radius 2 is 2.00 bits per heavy atom. The van der Waals surface area contributed by atoms with Gasteiger partial charge in [-0.25, -0.2) is 9.97 Å². The minimum absolute atomic E-state index is 0.434. The third-order valence-electron chi connectivity index (χ3n) is 3.89. The third kappa shape index (κ3) is 3.54. The molecule has 134 valence electrons. The molecule has 0 N–H and O–H groups in total. The van der Waals surface area contributed by atoms with Crippen LogP contribution < -0.4 is 4.74 Å². The lowest BCUT2D eigenvalue weighted by molar-refractivity contribution is 0.577. The van der Waals surface area contributed by atoms with E-state index < -0.39 is 0 Å². The molecule has 0 aliphatic carbocycles. The van der Waals surface area contributed by atoms with E-state index in [-0.39, 0.29) is 0 Å². The van der Waals surface area contributed by atoms with Crippen molar-refractivity contribution in [3.05, 3.63) is 60.7 Å². The molecule has 0 aromatic carbocycles. The first-order valence-electron chi connectivity index (χ1n) is 8.14. The number of aromatic nitrogens is 5. The van der Waals surface area contributed by atoms with Crippen LogP contribution in [0.1, 0.15) is 5.69 Å². The van der Waals surface area contributed by atoms with E-state index in [9.17, 15) is 0 Å². The fourth-order valence-corrected chi connectivity index (χ4v) is 2.92. The van der Waals surface area contributed by atoms with E-state index in [2.05, 4.69) is 15.0 Å². The van der Waals surface area contributed by atoms with Gasteiger partial charge in [0.2, 0.25) is 4.38 Å². The Hall–Kier alpha value is -2.84. The quantitative estimate of drug-likeness (QED) is 0.483. The van der Waals surface area contributed by atoms with Gasteiger partial charge in [-0.1, -0.05) is 17.8 Å². The maximum absolute atomic E-state index is 5.60. The summed E-state index contributed by atoms with van der Waals surface area (Å²) in [5.74, 6) is 1.24. The summed E-state index contributed by atoms with van der Waals surface area (Å²) < 4.78 is 7.98. The van der Waals surface area contributed by atoms with Crippen LogP contribution in [-0.4, -0.2) is 35.1 Å². The van der Waals surface area contributed by atoms with Crippen molar-refractivity contribution in [3.63, 3.8) is 0 Å². The molecule has 4 aromatic rings. The molecule has 0 aliphatic heterocycles. The standard InChI is InChI=1S/C19H15N5OS2/c1-12-6-7-13(10-21-12)24-17-16(9-14(11-22-17)25-19(26)27-2)23-18(24)15-5-3-4-8-20-15/h3-11H,1-2H3. The summed E-state index contributed by atoms with van der Waals surface area (Å²) in [7, 11) is 0. The lowest BCUT2D eigenvalue weighted by atomic mass is 10.3. The van der Waals surface area contributed by atoms with Crippen LogP contribution in [0.4, 0.5) is 0 Å². The molecule has 6 nitrogen and oxygen atoms in total. The first-order valence-corrected chi connectivity index (χ1v) is 9.78. The fourth-order valence-electron chi connectivity index (χ4n) is 2.64. The Morgan fingerprint density at radius 1 is 1.11 bits per heavy atom. The molecule has 0 saturated heterocycles. The van der Waals surface area contributed by atoms with E-state index in [0.29, 0.717) is 27.1 Å². The van der Waals surface area contributed by atoms with Crippen molar-refractivity contribution in [1.82, 2.24) is 24.5 Å². The largest absolute Gasteiger partial charge is 0.438 e. The highest BCUT2D eigenvalue weighted by Crippen LogP contribution is 2.28. The van der Waals surface area contributed by atoms with Gasteiger partial charge >= 0.3 is 0 Å². The van der Waals surface area contributed by atoms with Gasteiger partial charge in [0.25, 0.3) is 0 Å². The second-order valence-corrected chi connectivity index (χ2v) is 7.12. The molecule has 0 radical (unpaired) electrons. The molecule has 4 heterocycles. The van der Waals surface area contributed by atoms with Crippen LogP contribution in [0.5, 0.6) is 5.75 Å². The average Bonchev–Trinajstić information content (AvgIpc) is 3.08. The lowest BCUT2D eigenvalue weighted by Crippen LogP contribution is -2.01. The molecule has 0 amide bonds. The number of hydrogen-bond donors (Lipinski definition) is 0.